The van der Waals surface area contributed by atoms with Crippen LogP contribution < -0.4 is 9.47 Å². The minimum absolute atomic E-state index is 0.108. The molecule has 5 nitrogen and oxygen atoms in total. The highest BCUT2D eigenvalue weighted by Crippen LogP contribution is 2.26. The molecule has 0 bridgehead atoms. The number of carboxylic acids is 1. The summed E-state index contributed by atoms with van der Waals surface area (Å²) in [6.45, 7) is 0. The maximum Gasteiger partial charge on any atom is 0.335 e. The first-order valence-electron chi connectivity index (χ1n) is 6.36. The number of carbonyl (C=O) groups is 2. The third-order valence-corrected chi connectivity index (χ3v) is 3.53. The molecular weight excluding hydrogens is 352 g/mol. The predicted octanol–water partition coefficient (Wildman–Crippen LogP) is 3.30. The second-order valence-electron chi connectivity index (χ2n) is 4.45. The lowest BCUT2D eigenvalue weighted by Gasteiger charge is -2.07. The van der Waals surface area contributed by atoms with E-state index in [4.69, 9.17) is 14.6 Å². The Morgan fingerprint density at radius 3 is 2.36 bits per heavy atom. The van der Waals surface area contributed by atoms with E-state index in [-0.39, 0.29) is 17.7 Å². The molecule has 2 aromatic rings. The van der Waals surface area contributed by atoms with E-state index in [2.05, 4.69) is 15.9 Å². The first kappa shape index (κ1) is 16.0. The highest BCUT2D eigenvalue weighted by atomic mass is 79.9. The fraction of sp³-hybridized carbons (Fsp3) is 0.125. The van der Waals surface area contributed by atoms with Crippen molar-refractivity contribution in [1.82, 2.24) is 0 Å². The van der Waals surface area contributed by atoms with E-state index in [1.54, 1.807) is 31.4 Å². The van der Waals surface area contributed by atoms with Gasteiger partial charge >= 0.3 is 11.9 Å². The highest BCUT2D eigenvalue weighted by molar-refractivity contribution is 9.10. The van der Waals surface area contributed by atoms with Crippen LogP contribution in [0.4, 0.5) is 0 Å². The zero-order valence-electron chi connectivity index (χ0n) is 11.7. The number of aromatic carboxylic acids is 1. The zero-order valence-corrected chi connectivity index (χ0v) is 13.3. The van der Waals surface area contributed by atoms with Crippen molar-refractivity contribution in [2.75, 3.05) is 7.11 Å². The molecule has 2 aromatic carbocycles. The molecular formula is C16H13BrO5. The molecule has 0 amide bonds. The lowest BCUT2D eigenvalue weighted by molar-refractivity contribution is -0.133. The molecule has 0 saturated carbocycles. The summed E-state index contributed by atoms with van der Waals surface area (Å²) in [4.78, 5) is 22.8. The maximum atomic E-state index is 11.9. The molecule has 0 aliphatic carbocycles. The van der Waals surface area contributed by atoms with Gasteiger partial charge in [-0.05, 0) is 51.8 Å². The minimum Gasteiger partial charge on any atom is -0.497 e. The molecule has 114 valence electrons. The van der Waals surface area contributed by atoms with E-state index in [1.165, 1.54) is 18.2 Å². The van der Waals surface area contributed by atoms with E-state index in [9.17, 15) is 9.59 Å². The fourth-order valence-corrected chi connectivity index (χ4v) is 2.25. The van der Waals surface area contributed by atoms with E-state index in [0.717, 1.165) is 5.56 Å². The van der Waals surface area contributed by atoms with Crippen LogP contribution in [0.5, 0.6) is 11.5 Å². The van der Waals surface area contributed by atoms with Crippen molar-refractivity contribution < 1.29 is 24.2 Å². The number of halogens is 1. The molecule has 6 heteroatoms. The second kappa shape index (κ2) is 7.09. The van der Waals surface area contributed by atoms with Gasteiger partial charge in [0.1, 0.15) is 11.5 Å². The largest absolute Gasteiger partial charge is 0.497 e. The number of ether oxygens (including phenoxy) is 2. The standard InChI is InChI=1S/C16H13BrO5/c1-21-12-5-2-10(3-6-12)8-15(18)22-14-7-4-11(16(19)20)9-13(14)17/h2-7,9H,8H2,1H3,(H,19,20). The molecule has 0 spiro atoms. The number of carbonyl (C=O) groups excluding carboxylic acids is 1. The molecule has 0 aromatic heterocycles. The van der Waals surface area contributed by atoms with E-state index >= 15 is 0 Å². The summed E-state index contributed by atoms with van der Waals surface area (Å²) in [7, 11) is 1.57. The summed E-state index contributed by atoms with van der Waals surface area (Å²) in [5.74, 6) is -0.488. The monoisotopic (exact) mass is 364 g/mol. The van der Waals surface area contributed by atoms with Gasteiger partial charge in [0.05, 0.1) is 23.6 Å². The highest BCUT2D eigenvalue weighted by Gasteiger charge is 2.12. The van der Waals surface area contributed by atoms with Gasteiger partial charge in [-0.1, -0.05) is 12.1 Å². The predicted molar refractivity (Wildman–Crippen MR) is 83.4 cm³/mol. The Kier molecular flexibility index (Phi) is 5.16. The quantitative estimate of drug-likeness (QED) is 0.650. The summed E-state index contributed by atoms with van der Waals surface area (Å²) in [5, 5.41) is 8.88. The summed E-state index contributed by atoms with van der Waals surface area (Å²) in [6, 6.07) is 11.3. The molecule has 0 aliphatic rings. The number of esters is 1. The molecule has 2 rings (SSSR count). The molecule has 0 fully saturated rings. The Hall–Kier alpha value is -2.34. The third-order valence-electron chi connectivity index (χ3n) is 2.91. The first-order chi connectivity index (χ1) is 10.5. The van der Waals surface area contributed by atoms with Gasteiger partial charge in [0, 0.05) is 0 Å². The number of hydrogen-bond donors (Lipinski definition) is 1. The van der Waals surface area contributed by atoms with Crippen molar-refractivity contribution in [2.45, 2.75) is 6.42 Å². The van der Waals surface area contributed by atoms with Gasteiger partial charge in [-0.3, -0.25) is 4.79 Å². The van der Waals surface area contributed by atoms with Crippen LogP contribution in [0, 0.1) is 0 Å². The van der Waals surface area contributed by atoms with Crippen LogP contribution in [0.15, 0.2) is 46.9 Å². The number of benzene rings is 2. The van der Waals surface area contributed by atoms with Gasteiger partial charge in [0.15, 0.2) is 0 Å². The van der Waals surface area contributed by atoms with Gasteiger partial charge in [0.2, 0.25) is 0 Å². The SMILES string of the molecule is COc1ccc(CC(=O)Oc2ccc(C(=O)O)cc2Br)cc1. The van der Waals surface area contributed by atoms with Crippen molar-refractivity contribution in [2.24, 2.45) is 0 Å². The van der Waals surface area contributed by atoms with Crippen LogP contribution in [0.3, 0.4) is 0 Å². The number of hydrogen-bond acceptors (Lipinski definition) is 4. The number of methoxy groups -OCH3 is 1. The van der Waals surface area contributed by atoms with E-state index < -0.39 is 11.9 Å². The van der Waals surface area contributed by atoms with E-state index in [1.807, 2.05) is 0 Å². The van der Waals surface area contributed by atoms with Crippen molar-refractivity contribution in [3.05, 3.63) is 58.1 Å². The van der Waals surface area contributed by atoms with Crippen LogP contribution in [0.1, 0.15) is 15.9 Å². The Bertz CT molecular complexity index is 694. The third kappa shape index (κ3) is 4.08. The number of carboxylic acid groups (broad SMARTS) is 1. The first-order valence-corrected chi connectivity index (χ1v) is 7.15. The molecule has 0 unspecified atom stereocenters. The lowest BCUT2D eigenvalue weighted by atomic mass is 10.1. The van der Waals surface area contributed by atoms with Gasteiger partial charge in [-0.25, -0.2) is 4.79 Å². The molecule has 0 aliphatic heterocycles. The topological polar surface area (TPSA) is 72.8 Å². The summed E-state index contributed by atoms with van der Waals surface area (Å²) >= 11 is 3.19. The summed E-state index contributed by atoms with van der Waals surface area (Å²) < 4.78 is 10.7. The van der Waals surface area contributed by atoms with Gasteiger partial charge in [-0.2, -0.15) is 0 Å². The summed E-state index contributed by atoms with van der Waals surface area (Å²) in [6.07, 6.45) is 0.108. The van der Waals surface area contributed by atoms with Crippen molar-refractivity contribution in [3.63, 3.8) is 0 Å². The van der Waals surface area contributed by atoms with Crippen LogP contribution in [0.2, 0.25) is 0 Å². The minimum atomic E-state index is -1.04. The fourth-order valence-electron chi connectivity index (χ4n) is 1.79. The lowest BCUT2D eigenvalue weighted by Crippen LogP contribution is -2.11. The molecule has 0 radical (unpaired) electrons. The molecule has 0 atom stereocenters. The molecule has 0 heterocycles. The van der Waals surface area contributed by atoms with Crippen LogP contribution in [-0.2, 0) is 11.2 Å². The van der Waals surface area contributed by atoms with Gasteiger partial charge < -0.3 is 14.6 Å². The number of rotatable bonds is 5. The zero-order chi connectivity index (χ0) is 16.1. The average Bonchev–Trinajstić information content (AvgIpc) is 2.50. The Labute approximate surface area is 135 Å². The van der Waals surface area contributed by atoms with Crippen molar-refractivity contribution in [1.29, 1.82) is 0 Å². The Balaban J connectivity index is 2.03. The van der Waals surface area contributed by atoms with Crippen LogP contribution in [-0.4, -0.2) is 24.2 Å². The van der Waals surface area contributed by atoms with E-state index in [0.29, 0.717) is 10.2 Å². The second-order valence-corrected chi connectivity index (χ2v) is 5.30. The normalized spacial score (nSPS) is 10.1. The molecule has 1 N–H and O–H groups in total. The van der Waals surface area contributed by atoms with Crippen LogP contribution >= 0.6 is 15.9 Å². The molecule has 22 heavy (non-hydrogen) atoms. The smallest absolute Gasteiger partial charge is 0.335 e. The average molecular weight is 365 g/mol. The van der Waals surface area contributed by atoms with Crippen LogP contribution in [0.25, 0.3) is 0 Å². The van der Waals surface area contributed by atoms with Gasteiger partial charge in [-0.15, -0.1) is 0 Å². The summed E-state index contributed by atoms with van der Waals surface area (Å²) in [5.41, 5.74) is 0.908. The van der Waals surface area contributed by atoms with Crippen molar-refractivity contribution >= 4 is 27.9 Å². The molecule has 0 saturated heterocycles. The maximum absolute atomic E-state index is 11.9. The van der Waals surface area contributed by atoms with Gasteiger partial charge in [0.25, 0.3) is 0 Å². The Morgan fingerprint density at radius 1 is 1.14 bits per heavy atom. The Morgan fingerprint density at radius 2 is 1.82 bits per heavy atom. The van der Waals surface area contributed by atoms with Crippen molar-refractivity contribution in [3.8, 4) is 11.5 Å².